The largest absolute Gasteiger partial charge is 0.354 e. The fourth-order valence-corrected chi connectivity index (χ4v) is 4.85. The Bertz CT molecular complexity index is 951. The predicted molar refractivity (Wildman–Crippen MR) is 98.3 cm³/mol. The number of rotatable bonds is 2. The van der Waals surface area contributed by atoms with Crippen LogP contribution in [0.3, 0.4) is 0 Å². The van der Waals surface area contributed by atoms with Gasteiger partial charge >= 0.3 is 0 Å². The molecule has 2 atom stereocenters. The van der Waals surface area contributed by atoms with Crippen LogP contribution in [-0.4, -0.2) is 45.9 Å². The minimum Gasteiger partial charge on any atom is -0.354 e. The maximum absolute atomic E-state index is 11.5. The first-order valence-electron chi connectivity index (χ1n) is 8.42. The van der Waals surface area contributed by atoms with Crippen LogP contribution < -0.4 is 15.4 Å². The number of fused-ring (bicyclic) bond motifs is 2. The van der Waals surface area contributed by atoms with E-state index in [-0.39, 0.29) is 5.56 Å². The molecule has 0 aliphatic carbocycles. The van der Waals surface area contributed by atoms with Gasteiger partial charge < -0.3 is 9.80 Å². The molecule has 0 bridgehead atoms. The van der Waals surface area contributed by atoms with Gasteiger partial charge in [0.15, 0.2) is 5.13 Å². The Labute approximate surface area is 148 Å². The second kappa shape index (κ2) is 5.52. The van der Waals surface area contributed by atoms with Crippen LogP contribution in [0.15, 0.2) is 35.4 Å². The first-order chi connectivity index (χ1) is 12.2. The third kappa shape index (κ3) is 2.48. The van der Waals surface area contributed by atoms with E-state index in [1.807, 2.05) is 24.5 Å². The Kier molecular flexibility index (Phi) is 3.27. The van der Waals surface area contributed by atoms with E-state index < -0.39 is 0 Å². The Morgan fingerprint density at radius 2 is 1.84 bits per heavy atom. The van der Waals surface area contributed by atoms with Crippen LogP contribution in [0.2, 0.25) is 0 Å². The van der Waals surface area contributed by atoms with Crippen LogP contribution in [0.25, 0.3) is 10.2 Å². The van der Waals surface area contributed by atoms with Gasteiger partial charge in [-0.2, -0.15) is 5.10 Å². The molecule has 2 aliphatic heterocycles. The van der Waals surface area contributed by atoms with E-state index in [2.05, 4.69) is 19.9 Å². The van der Waals surface area contributed by atoms with E-state index in [1.54, 1.807) is 24.5 Å². The molecule has 128 valence electrons. The minimum absolute atomic E-state index is 0.0698. The lowest BCUT2D eigenvalue weighted by Gasteiger charge is -2.22. The highest BCUT2D eigenvalue weighted by Crippen LogP contribution is 2.37. The van der Waals surface area contributed by atoms with Crippen molar-refractivity contribution in [1.82, 2.24) is 19.7 Å². The number of hydrogen-bond acceptors (Lipinski definition) is 7. The highest BCUT2D eigenvalue weighted by molar-refractivity contribution is 7.22. The van der Waals surface area contributed by atoms with Crippen LogP contribution in [0.4, 0.5) is 10.9 Å². The molecule has 2 aliphatic rings. The molecule has 5 rings (SSSR count). The standard InChI is InChI=1S/C17H18N6OS/c1-21-16(24)3-2-15(20-21)22-7-11-9-23(10-12(11)8-22)17-19-13-6-18-5-4-14(13)25-17/h2-6,11-12H,7-10H2,1H3. The van der Waals surface area contributed by atoms with E-state index in [4.69, 9.17) is 4.98 Å². The maximum Gasteiger partial charge on any atom is 0.266 e. The molecule has 0 spiro atoms. The number of nitrogens with zero attached hydrogens (tertiary/aromatic N) is 6. The summed E-state index contributed by atoms with van der Waals surface area (Å²) < 4.78 is 2.60. The number of anilines is 2. The minimum atomic E-state index is -0.0698. The summed E-state index contributed by atoms with van der Waals surface area (Å²) in [5.74, 6) is 2.13. The summed E-state index contributed by atoms with van der Waals surface area (Å²) in [6.07, 6.45) is 3.65. The van der Waals surface area contributed by atoms with Crippen molar-refractivity contribution in [3.8, 4) is 0 Å². The molecule has 3 aromatic heterocycles. The molecule has 0 amide bonds. The maximum atomic E-state index is 11.5. The summed E-state index contributed by atoms with van der Waals surface area (Å²) in [6, 6.07) is 5.46. The van der Waals surface area contributed by atoms with Gasteiger partial charge in [0.1, 0.15) is 11.3 Å². The molecule has 7 nitrogen and oxygen atoms in total. The van der Waals surface area contributed by atoms with Crippen molar-refractivity contribution in [2.75, 3.05) is 36.0 Å². The van der Waals surface area contributed by atoms with Crippen molar-refractivity contribution in [2.45, 2.75) is 0 Å². The molecule has 8 heteroatoms. The van der Waals surface area contributed by atoms with Gasteiger partial charge in [0.25, 0.3) is 5.56 Å². The average molecular weight is 354 g/mol. The Hall–Kier alpha value is -2.48. The van der Waals surface area contributed by atoms with E-state index in [1.165, 1.54) is 9.38 Å². The van der Waals surface area contributed by atoms with Crippen molar-refractivity contribution in [3.05, 3.63) is 40.9 Å². The van der Waals surface area contributed by atoms with Crippen molar-refractivity contribution in [1.29, 1.82) is 0 Å². The normalized spacial score (nSPS) is 22.8. The van der Waals surface area contributed by atoms with Crippen LogP contribution in [0, 0.1) is 11.8 Å². The molecule has 25 heavy (non-hydrogen) atoms. The number of aromatic nitrogens is 4. The van der Waals surface area contributed by atoms with Crippen LogP contribution >= 0.6 is 11.3 Å². The fourth-order valence-electron chi connectivity index (χ4n) is 3.90. The van der Waals surface area contributed by atoms with Gasteiger partial charge in [0, 0.05) is 57.3 Å². The first-order valence-corrected chi connectivity index (χ1v) is 9.24. The molecular formula is C17H18N6OS. The van der Waals surface area contributed by atoms with E-state index >= 15 is 0 Å². The third-order valence-electron chi connectivity index (χ3n) is 5.21. The molecule has 0 aromatic carbocycles. The zero-order valence-electron chi connectivity index (χ0n) is 13.9. The average Bonchev–Trinajstić information content (AvgIpc) is 3.28. The highest BCUT2D eigenvalue weighted by atomic mass is 32.1. The SMILES string of the molecule is Cn1nc(N2CC3CN(c4nc5cnccc5s4)CC3C2)ccc1=O. The van der Waals surface area contributed by atoms with Crippen LogP contribution in [0.5, 0.6) is 0 Å². The summed E-state index contributed by atoms with van der Waals surface area (Å²) >= 11 is 1.74. The van der Waals surface area contributed by atoms with Crippen molar-refractivity contribution in [2.24, 2.45) is 18.9 Å². The molecule has 0 N–H and O–H groups in total. The first kappa shape index (κ1) is 14.8. The Balaban J connectivity index is 1.33. The van der Waals surface area contributed by atoms with E-state index in [9.17, 15) is 4.79 Å². The van der Waals surface area contributed by atoms with Gasteiger partial charge in [-0.3, -0.25) is 9.78 Å². The Morgan fingerprint density at radius 1 is 1.08 bits per heavy atom. The summed E-state index contributed by atoms with van der Waals surface area (Å²) in [4.78, 5) is 25.1. The number of hydrogen-bond donors (Lipinski definition) is 0. The lowest BCUT2D eigenvalue weighted by atomic mass is 10.0. The summed E-state index contributed by atoms with van der Waals surface area (Å²) in [7, 11) is 1.70. The zero-order chi connectivity index (χ0) is 17.0. The molecule has 0 saturated carbocycles. The molecule has 0 radical (unpaired) electrons. The fraction of sp³-hybridized carbons (Fsp3) is 0.412. The highest BCUT2D eigenvalue weighted by Gasteiger charge is 2.41. The lowest BCUT2D eigenvalue weighted by Crippen LogP contribution is -2.30. The van der Waals surface area contributed by atoms with Gasteiger partial charge in [-0.25, -0.2) is 9.67 Å². The molecule has 2 saturated heterocycles. The molecular weight excluding hydrogens is 336 g/mol. The summed E-state index contributed by atoms with van der Waals surface area (Å²) in [6.45, 7) is 4.03. The van der Waals surface area contributed by atoms with Crippen molar-refractivity contribution >= 4 is 32.5 Å². The van der Waals surface area contributed by atoms with Crippen LogP contribution in [-0.2, 0) is 7.05 Å². The van der Waals surface area contributed by atoms with Gasteiger partial charge in [-0.1, -0.05) is 11.3 Å². The number of thiazole rings is 1. The number of pyridine rings is 1. The van der Waals surface area contributed by atoms with Gasteiger partial charge in [0.2, 0.25) is 0 Å². The molecule has 5 heterocycles. The smallest absolute Gasteiger partial charge is 0.266 e. The molecule has 2 unspecified atom stereocenters. The van der Waals surface area contributed by atoms with Crippen LogP contribution in [0.1, 0.15) is 0 Å². The van der Waals surface area contributed by atoms with Crippen molar-refractivity contribution in [3.63, 3.8) is 0 Å². The quantitative estimate of drug-likeness (QED) is 0.692. The lowest BCUT2D eigenvalue weighted by molar-refractivity contribution is 0.533. The summed E-state index contributed by atoms with van der Waals surface area (Å²) in [5.41, 5.74) is 0.912. The third-order valence-corrected chi connectivity index (χ3v) is 6.30. The second-order valence-electron chi connectivity index (χ2n) is 6.82. The molecule has 2 fully saturated rings. The second-order valence-corrected chi connectivity index (χ2v) is 7.83. The zero-order valence-corrected chi connectivity index (χ0v) is 14.7. The van der Waals surface area contributed by atoms with Gasteiger partial charge in [-0.05, 0) is 12.1 Å². The monoisotopic (exact) mass is 354 g/mol. The van der Waals surface area contributed by atoms with Gasteiger partial charge in [0.05, 0.1) is 10.9 Å². The van der Waals surface area contributed by atoms with E-state index in [0.29, 0.717) is 11.8 Å². The molecule has 3 aromatic rings. The summed E-state index contributed by atoms with van der Waals surface area (Å²) in [5, 5.41) is 5.49. The predicted octanol–water partition coefficient (Wildman–Crippen LogP) is 1.36. The number of aryl methyl sites for hydroxylation is 1. The Morgan fingerprint density at radius 3 is 2.56 bits per heavy atom. The van der Waals surface area contributed by atoms with Crippen molar-refractivity contribution < 1.29 is 0 Å². The van der Waals surface area contributed by atoms with E-state index in [0.717, 1.165) is 42.6 Å². The topological polar surface area (TPSA) is 67.2 Å². The van der Waals surface area contributed by atoms with Gasteiger partial charge in [-0.15, -0.1) is 0 Å².